The van der Waals surface area contributed by atoms with Gasteiger partial charge in [0.25, 0.3) is 0 Å². The van der Waals surface area contributed by atoms with Crippen LogP contribution in [0.4, 0.5) is 5.00 Å². The molecule has 0 aliphatic carbocycles. The maximum atomic E-state index is 12.1. The first kappa shape index (κ1) is 11.9. The monoisotopic (exact) mass is 261 g/mol. The lowest BCUT2D eigenvalue weighted by atomic mass is 9.85. The van der Waals surface area contributed by atoms with Crippen molar-refractivity contribution in [3.8, 4) is 0 Å². The molecule has 4 nitrogen and oxygen atoms in total. The highest BCUT2D eigenvalue weighted by Gasteiger charge is 2.47. The molecule has 0 bridgehead atoms. The van der Waals surface area contributed by atoms with E-state index in [0.29, 0.717) is 4.34 Å². The van der Waals surface area contributed by atoms with Gasteiger partial charge in [0.2, 0.25) is 5.91 Å². The Labute approximate surface area is 102 Å². The van der Waals surface area contributed by atoms with Crippen molar-refractivity contribution < 1.29 is 14.6 Å². The maximum absolute atomic E-state index is 12.1. The first-order valence-corrected chi connectivity index (χ1v) is 6.01. The summed E-state index contributed by atoms with van der Waals surface area (Å²) in [4.78, 5) is 13.7. The zero-order chi connectivity index (χ0) is 11.8. The van der Waals surface area contributed by atoms with Gasteiger partial charge in [-0.3, -0.25) is 4.79 Å². The Hall–Kier alpha value is -0.620. The molecule has 1 aromatic rings. The van der Waals surface area contributed by atoms with Crippen LogP contribution in [-0.4, -0.2) is 37.9 Å². The van der Waals surface area contributed by atoms with Crippen molar-refractivity contribution in [1.82, 2.24) is 0 Å². The third-order valence-corrected chi connectivity index (χ3v) is 4.01. The molecule has 1 amide bonds. The fourth-order valence-electron chi connectivity index (χ4n) is 1.57. The van der Waals surface area contributed by atoms with Crippen LogP contribution in [-0.2, 0) is 9.53 Å². The van der Waals surface area contributed by atoms with Crippen LogP contribution < -0.4 is 4.90 Å². The smallest absolute Gasteiger partial charge is 0.240 e. The van der Waals surface area contributed by atoms with Gasteiger partial charge in [-0.2, -0.15) is 0 Å². The van der Waals surface area contributed by atoms with Crippen LogP contribution in [0, 0.1) is 5.41 Å². The predicted molar refractivity (Wildman–Crippen MR) is 63.1 cm³/mol. The minimum atomic E-state index is -0.759. The van der Waals surface area contributed by atoms with E-state index in [0.717, 1.165) is 5.00 Å². The molecule has 2 rings (SSSR count). The highest BCUT2D eigenvalue weighted by molar-refractivity contribution is 7.20. The molecule has 1 fully saturated rings. The van der Waals surface area contributed by atoms with Gasteiger partial charge in [-0.05, 0) is 12.1 Å². The van der Waals surface area contributed by atoms with Crippen LogP contribution in [0.2, 0.25) is 4.34 Å². The minimum absolute atomic E-state index is 0.125. The predicted octanol–water partition coefficient (Wildman–Crippen LogP) is 1.37. The second-order valence-electron chi connectivity index (χ2n) is 3.87. The van der Waals surface area contributed by atoms with E-state index < -0.39 is 5.41 Å². The Morgan fingerprint density at radius 1 is 1.69 bits per heavy atom. The third-order valence-electron chi connectivity index (χ3n) is 2.71. The van der Waals surface area contributed by atoms with Crippen molar-refractivity contribution in [2.75, 3.05) is 31.8 Å². The van der Waals surface area contributed by atoms with Crippen LogP contribution in [0.5, 0.6) is 0 Å². The molecule has 0 unspecified atom stereocenters. The number of halogens is 1. The van der Waals surface area contributed by atoms with Crippen LogP contribution in [0.25, 0.3) is 0 Å². The van der Waals surface area contributed by atoms with E-state index in [4.69, 9.17) is 16.3 Å². The van der Waals surface area contributed by atoms with Crippen LogP contribution in [0.1, 0.15) is 0 Å². The molecule has 0 radical (unpaired) electrons. The second-order valence-corrected chi connectivity index (χ2v) is 5.57. The average Bonchev–Trinajstić information content (AvgIpc) is 2.63. The summed E-state index contributed by atoms with van der Waals surface area (Å²) >= 11 is 7.15. The van der Waals surface area contributed by atoms with Crippen molar-refractivity contribution in [2.45, 2.75) is 0 Å². The van der Waals surface area contributed by atoms with Crippen molar-refractivity contribution in [3.05, 3.63) is 16.5 Å². The average molecular weight is 262 g/mol. The Kier molecular flexibility index (Phi) is 3.21. The molecule has 1 aliphatic rings. The molecule has 88 valence electrons. The molecule has 0 saturated carbocycles. The molecule has 0 atom stereocenters. The SMILES string of the molecule is CN(C(=O)C1(CO)COC1)c1ccc(Cl)s1. The number of hydrogen-bond acceptors (Lipinski definition) is 4. The molecule has 1 aromatic heterocycles. The van der Waals surface area contributed by atoms with E-state index in [2.05, 4.69) is 0 Å². The standard InChI is InChI=1S/C10H12ClNO3S/c1-12(8-3-2-7(11)16-8)9(14)10(4-13)5-15-6-10/h2-3,13H,4-6H2,1H3. The van der Waals surface area contributed by atoms with Gasteiger partial charge in [0.1, 0.15) is 5.41 Å². The zero-order valence-electron chi connectivity index (χ0n) is 8.77. The van der Waals surface area contributed by atoms with Crippen molar-refractivity contribution >= 4 is 33.8 Å². The van der Waals surface area contributed by atoms with Crippen molar-refractivity contribution in [2.24, 2.45) is 5.41 Å². The summed E-state index contributed by atoms with van der Waals surface area (Å²) in [5, 5.41) is 10.0. The molecule has 16 heavy (non-hydrogen) atoms. The normalized spacial score (nSPS) is 17.9. The number of nitrogens with zero attached hydrogens (tertiary/aromatic N) is 1. The quantitative estimate of drug-likeness (QED) is 0.894. The topological polar surface area (TPSA) is 49.8 Å². The number of anilines is 1. The Bertz CT molecular complexity index is 397. The number of rotatable bonds is 3. The summed E-state index contributed by atoms with van der Waals surface area (Å²) in [5.41, 5.74) is -0.759. The molecule has 0 aromatic carbocycles. The van der Waals surface area contributed by atoms with E-state index >= 15 is 0 Å². The van der Waals surface area contributed by atoms with E-state index in [1.165, 1.54) is 16.2 Å². The largest absolute Gasteiger partial charge is 0.395 e. The number of aliphatic hydroxyl groups is 1. The molecular formula is C10H12ClNO3S. The summed E-state index contributed by atoms with van der Waals surface area (Å²) in [6.45, 7) is 0.382. The number of carbonyl (C=O) groups is 1. The molecule has 1 N–H and O–H groups in total. The minimum Gasteiger partial charge on any atom is -0.395 e. The first-order valence-electron chi connectivity index (χ1n) is 4.81. The summed E-state index contributed by atoms with van der Waals surface area (Å²) in [6, 6.07) is 3.53. The van der Waals surface area contributed by atoms with Gasteiger partial charge in [-0.15, -0.1) is 11.3 Å². The second kappa shape index (κ2) is 4.33. The van der Waals surface area contributed by atoms with Gasteiger partial charge in [-0.25, -0.2) is 0 Å². The van der Waals surface area contributed by atoms with Gasteiger partial charge in [-0.1, -0.05) is 11.6 Å². The molecule has 2 heterocycles. The lowest BCUT2D eigenvalue weighted by molar-refractivity contribution is -0.166. The van der Waals surface area contributed by atoms with E-state index in [-0.39, 0.29) is 25.7 Å². The summed E-state index contributed by atoms with van der Waals surface area (Å²) in [6.07, 6.45) is 0. The van der Waals surface area contributed by atoms with Gasteiger partial charge in [0.05, 0.1) is 29.2 Å². The number of thiophene rings is 1. The van der Waals surface area contributed by atoms with Gasteiger partial charge in [0, 0.05) is 7.05 Å². The highest BCUT2D eigenvalue weighted by atomic mass is 35.5. The van der Waals surface area contributed by atoms with E-state index in [1.807, 2.05) is 0 Å². The van der Waals surface area contributed by atoms with Gasteiger partial charge >= 0.3 is 0 Å². The molecule has 1 aliphatic heterocycles. The Balaban J connectivity index is 2.15. The first-order chi connectivity index (χ1) is 7.59. The van der Waals surface area contributed by atoms with Gasteiger partial charge < -0.3 is 14.7 Å². The van der Waals surface area contributed by atoms with Crippen molar-refractivity contribution in [1.29, 1.82) is 0 Å². The number of aliphatic hydroxyl groups excluding tert-OH is 1. The van der Waals surface area contributed by atoms with Crippen molar-refractivity contribution in [3.63, 3.8) is 0 Å². The molecule has 1 saturated heterocycles. The Morgan fingerprint density at radius 2 is 2.38 bits per heavy atom. The highest BCUT2D eigenvalue weighted by Crippen LogP contribution is 2.34. The number of carbonyl (C=O) groups excluding carboxylic acids is 1. The van der Waals surface area contributed by atoms with E-state index in [9.17, 15) is 9.90 Å². The van der Waals surface area contributed by atoms with Crippen LogP contribution >= 0.6 is 22.9 Å². The number of amides is 1. The van der Waals surface area contributed by atoms with Crippen LogP contribution in [0.15, 0.2) is 12.1 Å². The third kappa shape index (κ3) is 1.84. The fourth-order valence-corrected chi connectivity index (χ4v) is 2.56. The lowest BCUT2D eigenvalue weighted by Crippen LogP contribution is -2.56. The summed E-state index contributed by atoms with van der Waals surface area (Å²) in [5.74, 6) is -0.125. The van der Waals surface area contributed by atoms with E-state index in [1.54, 1.807) is 19.2 Å². The molecule has 6 heteroatoms. The number of hydrogen-bond donors (Lipinski definition) is 1. The fraction of sp³-hybridized carbons (Fsp3) is 0.500. The summed E-state index contributed by atoms with van der Waals surface area (Å²) < 4.78 is 5.65. The molecular weight excluding hydrogens is 250 g/mol. The Morgan fingerprint density at radius 3 is 2.75 bits per heavy atom. The zero-order valence-corrected chi connectivity index (χ0v) is 10.3. The van der Waals surface area contributed by atoms with Gasteiger partial charge in [0.15, 0.2) is 0 Å². The van der Waals surface area contributed by atoms with Crippen LogP contribution in [0.3, 0.4) is 0 Å². The number of ether oxygens (including phenoxy) is 1. The lowest BCUT2D eigenvalue weighted by Gasteiger charge is -2.40. The molecule has 0 spiro atoms. The maximum Gasteiger partial charge on any atom is 0.240 e. The summed E-state index contributed by atoms with van der Waals surface area (Å²) in [7, 11) is 1.68.